The Balaban J connectivity index is 2.06. The first kappa shape index (κ1) is 10.7. The van der Waals surface area contributed by atoms with Crippen molar-refractivity contribution in [2.24, 2.45) is 0 Å². The van der Waals surface area contributed by atoms with Crippen LogP contribution in [0.1, 0.15) is 0 Å². The van der Waals surface area contributed by atoms with E-state index in [4.69, 9.17) is 10.3 Å². The van der Waals surface area contributed by atoms with E-state index in [1.807, 2.05) is 0 Å². The Bertz CT molecular complexity index is 678. The molecule has 6 nitrogen and oxygen atoms in total. The smallest absolute Gasteiger partial charge is 0.262 e. The number of aromatic nitrogens is 3. The Morgan fingerprint density at radius 1 is 1.33 bits per heavy atom. The Hall–Kier alpha value is -2.41. The summed E-state index contributed by atoms with van der Waals surface area (Å²) >= 11 is 1.41. The number of anilines is 1. The van der Waals surface area contributed by atoms with Gasteiger partial charge in [-0.25, -0.2) is 0 Å². The van der Waals surface area contributed by atoms with Crippen molar-refractivity contribution in [2.75, 3.05) is 5.73 Å². The van der Waals surface area contributed by atoms with Gasteiger partial charge in [-0.1, -0.05) is 11.2 Å². The number of nitrogen functional groups attached to an aromatic ring is 1. The second-order valence-electron chi connectivity index (χ2n) is 3.53. The van der Waals surface area contributed by atoms with Crippen LogP contribution in [0.15, 0.2) is 34.4 Å². The summed E-state index contributed by atoms with van der Waals surface area (Å²) in [5.74, 6) is 0.606. The molecule has 3 N–H and O–H groups in total. The molecule has 1 aromatic carbocycles. The van der Waals surface area contributed by atoms with Crippen molar-refractivity contribution in [3.63, 3.8) is 0 Å². The highest BCUT2D eigenvalue weighted by atomic mass is 32.1. The summed E-state index contributed by atoms with van der Waals surface area (Å²) in [7, 11) is 0. The SMILES string of the molecule is Nc1cccc(-c2nc(-c3cncs3)no2)c1O. The number of para-hydroxylation sites is 1. The van der Waals surface area contributed by atoms with Gasteiger partial charge in [-0.15, -0.1) is 11.3 Å². The first-order valence-electron chi connectivity index (χ1n) is 5.06. The minimum Gasteiger partial charge on any atom is -0.505 e. The summed E-state index contributed by atoms with van der Waals surface area (Å²) in [5, 5.41) is 13.7. The van der Waals surface area contributed by atoms with Crippen molar-refractivity contribution in [2.45, 2.75) is 0 Å². The Morgan fingerprint density at radius 3 is 3.00 bits per heavy atom. The molecule has 3 aromatic rings. The molecule has 2 heterocycles. The van der Waals surface area contributed by atoms with E-state index in [9.17, 15) is 5.11 Å². The van der Waals surface area contributed by atoms with Crippen LogP contribution >= 0.6 is 11.3 Å². The average Bonchev–Trinajstić information content (AvgIpc) is 3.01. The van der Waals surface area contributed by atoms with Crippen LogP contribution in [-0.4, -0.2) is 20.2 Å². The van der Waals surface area contributed by atoms with E-state index in [1.54, 1.807) is 29.9 Å². The standard InChI is InChI=1S/C11H8N4O2S/c12-7-3-1-2-6(9(7)16)11-14-10(15-17-11)8-4-13-5-18-8/h1-5,16H,12H2. The van der Waals surface area contributed by atoms with Crippen LogP contribution in [0.5, 0.6) is 5.75 Å². The lowest BCUT2D eigenvalue weighted by molar-refractivity contribution is 0.426. The molecule has 0 radical (unpaired) electrons. The minimum atomic E-state index is -0.0583. The lowest BCUT2D eigenvalue weighted by Gasteiger charge is -2.01. The highest BCUT2D eigenvalue weighted by Gasteiger charge is 2.15. The van der Waals surface area contributed by atoms with Crippen LogP contribution in [0.25, 0.3) is 22.2 Å². The third-order valence-electron chi connectivity index (χ3n) is 2.38. The lowest BCUT2D eigenvalue weighted by atomic mass is 10.2. The summed E-state index contributed by atoms with van der Waals surface area (Å²) in [6.07, 6.45) is 1.65. The average molecular weight is 260 g/mol. The summed E-state index contributed by atoms with van der Waals surface area (Å²) < 4.78 is 5.11. The van der Waals surface area contributed by atoms with E-state index in [1.165, 1.54) is 11.3 Å². The molecule has 0 aliphatic heterocycles. The number of phenols is 1. The number of aromatic hydroxyl groups is 1. The van der Waals surface area contributed by atoms with Crippen molar-refractivity contribution in [3.8, 4) is 27.9 Å². The predicted molar refractivity (Wildman–Crippen MR) is 66.9 cm³/mol. The van der Waals surface area contributed by atoms with E-state index >= 15 is 0 Å². The number of hydrogen-bond acceptors (Lipinski definition) is 7. The number of hydrogen-bond donors (Lipinski definition) is 2. The van der Waals surface area contributed by atoms with Crippen LogP contribution in [-0.2, 0) is 0 Å². The molecule has 0 fully saturated rings. The van der Waals surface area contributed by atoms with Gasteiger partial charge < -0.3 is 15.4 Å². The molecule has 0 unspecified atom stereocenters. The number of nitrogens with two attached hydrogens (primary N) is 1. The largest absolute Gasteiger partial charge is 0.505 e. The van der Waals surface area contributed by atoms with Crippen molar-refractivity contribution in [1.82, 2.24) is 15.1 Å². The van der Waals surface area contributed by atoms with E-state index in [2.05, 4.69) is 15.1 Å². The predicted octanol–water partition coefficient (Wildman–Crippen LogP) is 2.15. The highest BCUT2D eigenvalue weighted by Crippen LogP contribution is 2.33. The maximum absolute atomic E-state index is 9.83. The zero-order valence-electron chi connectivity index (χ0n) is 9.07. The molecule has 0 aliphatic rings. The fourth-order valence-electron chi connectivity index (χ4n) is 1.49. The summed E-state index contributed by atoms with van der Waals surface area (Å²) in [4.78, 5) is 8.94. The van der Waals surface area contributed by atoms with Crippen molar-refractivity contribution < 1.29 is 9.63 Å². The highest BCUT2D eigenvalue weighted by molar-refractivity contribution is 7.13. The maximum atomic E-state index is 9.83. The summed E-state index contributed by atoms with van der Waals surface area (Å²) in [6.45, 7) is 0. The molecular weight excluding hydrogens is 252 g/mol. The molecule has 0 atom stereocenters. The molecule has 0 spiro atoms. The number of benzene rings is 1. The summed E-state index contributed by atoms with van der Waals surface area (Å²) in [5.41, 5.74) is 7.98. The van der Waals surface area contributed by atoms with Gasteiger partial charge in [-0.2, -0.15) is 4.98 Å². The third-order valence-corrected chi connectivity index (χ3v) is 3.15. The van der Waals surface area contributed by atoms with E-state index in [0.717, 1.165) is 4.88 Å². The summed E-state index contributed by atoms with van der Waals surface area (Å²) in [6, 6.07) is 4.97. The van der Waals surface area contributed by atoms with Crippen LogP contribution < -0.4 is 5.73 Å². The maximum Gasteiger partial charge on any atom is 0.262 e. The zero-order chi connectivity index (χ0) is 12.5. The molecule has 7 heteroatoms. The van der Waals surface area contributed by atoms with Crippen molar-refractivity contribution >= 4 is 17.0 Å². The van der Waals surface area contributed by atoms with E-state index in [0.29, 0.717) is 11.4 Å². The van der Waals surface area contributed by atoms with Gasteiger partial charge in [0.05, 0.1) is 21.6 Å². The Morgan fingerprint density at radius 2 is 2.22 bits per heavy atom. The Kier molecular flexibility index (Phi) is 2.45. The molecule has 0 amide bonds. The fraction of sp³-hybridized carbons (Fsp3) is 0. The molecule has 3 rings (SSSR count). The fourth-order valence-corrected chi connectivity index (χ4v) is 2.04. The second-order valence-corrected chi connectivity index (χ2v) is 4.42. The number of rotatable bonds is 2. The van der Waals surface area contributed by atoms with Gasteiger partial charge in [0.2, 0.25) is 5.82 Å². The van der Waals surface area contributed by atoms with Crippen LogP contribution in [0.4, 0.5) is 5.69 Å². The van der Waals surface area contributed by atoms with Gasteiger partial charge in [-0.3, -0.25) is 4.98 Å². The van der Waals surface area contributed by atoms with Gasteiger partial charge in [-0.05, 0) is 12.1 Å². The minimum absolute atomic E-state index is 0.0583. The molecule has 0 bridgehead atoms. The van der Waals surface area contributed by atoms with Gasteiger partial charge in [0, 0.05) is 6.20 Å². The molecule has 2 aromatic heterocycles. The topological polar surface area (TPSA) is 98.1 Å². The third kappa shape index (κ3) is 1.70. The molecule has 90 valence electrons. The van der Waals surface area contributed by atoms with Crippen molar-refractivity contribution in [1.29, 1.82) is 0 Å². The quantitative estimate of drug-likeness (QED) is 0.541. The van der Waals surface area contributed by atoms with Crippen LogP contribution in [0, 0.1) is 0 Å². The first-order valence-corrected chi connectivity index (χ1v) is 5.94. The van der Waals surface area contributed by atoms with Crippen LogP contribution in [0.2, 0.25) is 0 Å². The molecule has 18 heavy (non-hydrogen) atoms. The molecular formula is C11H8N4O2S. The first-order chi connectivity index (χ1) is 8.75. The van der Waals surface area contributed by atoms with E-state index < -0.39 is 0 Å². The van der Waals surface area contributed by atoms with Crippen LogP contribution in [0.3, 0.4) is 0 Å². The van der Waals surface area contributed by atoms with Gasteiger partial charge in [0.1, 0.15) is 0 Å². The normalized spacial score (nSPS) is 10.7. The second kappa shape index (κ2) is 4.11. The number of thiazole rings is 1. The lowest BCUT2D eigenvalue weighted by Crippen LogP contribution is -1.87. The number of phenolic OH excluding ortho intramolecular Hbond substituents is 1. The van der Waals surface area contributed by atoms with E-state index in [-0.39, 0.29) is 17.3 Å². The van der Waals surface area contributed by atoms with Crippen molar-refractivity contribution in [3.05, 3.63) is 29.9 Å². The Labute approximate surface area is 106 Å². The molecule has 0 saturated carbocycles. The monoisotopic (exact) mass is 260 g/mol. The van der Waals surface area contributed by atoms with Gasteiger partial charge in [0.25, 0.3) is 5.89 Å². The van der Waals surface area contributed by atoms with Gasteiger partial charge >= 0.3 is 0 Å². The zero-order valence-corrected chi connectivity index (χ0v) is 9.89. The molecule has 0 aliphatic carbocycles. The van der Waals surface area contributed by atoms with Gasteiger partial charge in [0.15, 0.2) is 5.75 Å². The molecule has 0 saturated heterocycles. The number of nitrogens with zero attached hydrogens (tertiary/aromatic N) is 3.